The molecule has 0 radical (unpaired) electrons. The van der Waals surface area contributed by atoms with Gasteiger partial charge in [0, 0.05) is 5.56 Å². The molecule has 0 heterocycles. The van der Waals surface area contributed by atoms with E-state index in [9.17, 15) is 9.59 Å². The zero-order valence-electron chi connectivity index (χ0n) is 8.74. The normalized spacial score (nSPS) is 9.47. The number of Topliss-reactive ketones (excluding diaryl/α,β-unsaturated/α-hetero) is 1. The van der Waals surface area contributed by atoms with E-state index in [4.69, 9.17) is 0 Å². The Balaban J connectivity index is 3.19. The third-order valence-electron chi connectivity index (χ3n) is 2.06. The minimum absolute atomic E-state index is 0.101. The van der Waals surface area contributed by atoms with E-state index in [1.54, 1.807) is 24.3 Å². The molecule has 78 valence electrons. The molecule has 0 aromatic heterocycles. The van der Waals surface area contributed by atoms with E-state index in [1.807, 2.05) is 0 Å². The minimum atomic E-state index is -0.524. The van der Waals surface area contributed by atoms with Crippen LogP contribution in [0.5, 0.6) is 0 Å². The zero-order valence-corrected chi connectivity index (χ0v) is 8.74. The van der Waals surface area contributed by atoms with E-state index >= 15 is 0 Å². The Hall–Kier alpha value is -1.90. The molecule has 0 bridgehead atoms. The first-order valence-corrected chi connectivity index (χ1v) is 4.45. The molecule has 1 aromatic rings. The molecule has 0 aliphatic carbocycles. The van der Waals surface area contributed by atoms with Crippen LogP contribution in [-0.4, -0.2) is 18.9 Å². The summed E-state index contributed by atoms with van der Waals surface area (Å²) in [4.78, 5) is 22.5. The van der Waals surface area contributed by atoms with Crippen molar-refractivity contribution in [1.29, 1.82) is 0 Å². The molecule has 0 atom stereocenters. The highest BCUT2D eigenvalue weighted by Crippen LogP contribution is 2.19. The molecule has 0 saturated heterocycles. The van der Waals surface area contributed by atoms with Gasteiger partial charge in [-0.25, -0.2) is 4.79 Å². The number of esters is 1. The Labute approximate surface area is 88.4 Å². The maximum atomic E-state index is 11.3. The third kappa shape index (κ3) is 2.31. The van der Waals surface area contributed by atoms with Crippen LogP contribution in [0.15, 0.2) is 30.8 Å². The summed E-state index contributed by atoms with van der Waals surface area (Å²) in [6.45, 7) is 5.06. The molecule has 15 heavy (non-hydrogen) atoms. The van der Waals surface area contributed by atoms with Crippen molar-refractivity contribution in [3.05, 3.63) is 42.0 Å². The molecule has 1 aromatic carbocycles. The topological polar surface area (TPSA) is 43.4 Å². The van der Waals surface area contributed by atoms with E-state index in [2.05, 4.69) is 11.3 Å². The lowest BCUT2D eigenvalue weighted by atomic mass is 9.99. The first kappa shape index (κ1) is 11.2. The number of carbonyl (C=O) groups is 2. The van der Waals surface area contributed by atoms with E-state index in [1.165, 1.54) is 14.0 Å². The zero-order chi connectivity index (χ0) is 11.4. The Bertz CT molecular complexity index is 419. The van der Waals surface area contributed by atoms with Gasteiger partial charge in [0.2, 0.25) is 0 Å². The van der Waals surface area contributed by atoms with Gasteiger partial charge in [0.1, 0.15) is 0 Å². The monoisotopic (exact) mass is 204 g/mol. The minimum Gasteiger partial charge on any atom is -0.465 e. The van der Waals surface area contributed by atoms with Crippen molar-refractivity contribution < 1.29 is 14.3 Å². The molecule has 3 nitrogen and oxygen atoms in total. The quantitative estimate of drug-likeness (QED) is 0.430. The fourth-order valence-corrected chi connectivity index (χ4v) is 1.29. The number of hydrogen-bond acceptors (Lipinski definition) is 3. The number of methoxy groups -OCH3 is 1. The predicted octanol–water partition coefficient (Wildman–Crippen LogP) is 2.08. The van der Waals surface area contributed by atoms with Gasteiger partial charge >= 0.3 is 5.97 Å². The Morgan fingerprint density at radius 1 is 1.20 bits per heavy atom. The van der Waals surface area contributed by atoms with Gasteiger partial charge in [-0.05, 0) is 12.5 Å². The van der Waals surface area contributed by atoms with Crippen molar-refractivity contribution in [2.24, 2.45) is 0 Å². The summed E-state index contributed by atoms with van der Waals surface area (Å²) in [6, 6.07) is 6.82. The SMILES string of the molecule is C=C(C(=O)OC)c1ccccc1C(C)=O. The second kappa shape index (κ2) is 4.55. The number of ketones is 1. The number of benzene rings is 1. The third-order valence-corrected chi connectivity index (χ3v) is 2.06. The fraction of sp³-hybridized carbons (Fsp3) is 0.167. The molecule has 0 spiro atoms. The van der Waals surface area contributed by atoms with Crippen molar-refractivity contribution >= 4 is 17.3 Å². The van der Waals surface area contributed by atoms with Crippen LogP contribution >= 0.6 is 0 Å². The number of ether oxygens (including phenoxy) is 1. The summed E-state index contributed by atoms with van der Waals surface area (Å²) in [5.41, 5.74) is 1.20. The molecule has 1 rings (SSSR count). The van der Waals surface area contributed by atoms with Crippen LogP contribution in [0.2, 0.25) is 0 Å². The van der Waals surface area contributed by atoms with Gasteiger partial charge < -0.3 is 4.74 Å². The van der Waals surface area contributed by atoms with Crippen LogP contribution in [0.1, 0.15) is 22.8 Å². The molecule has 0 saturated carbocycles. The maximum Gasteiger partial charge on any atom is 0.337 e. The first-order chi connectivity index (χ1) is 7.07. The Morgan fingerprint density at radius 3 is 2.20 bits per heavy atom. The van der Waals surface area contributed by atoms with Gasteiger partial charge in [0.15, 0.2) is 5.78 Å². The van der Waals surface area contributed by atoms with Gasteiger partial charge in [-0.1, -0.05) is 30.8 Å². The highest BCUT2D eigenvalue weighted by Gasteiger charge is 2.14. The second-order valence-electron chi connectivity index (χ2n) is 3.07. The molecule has 0 aliphatic heterocycles. The molecule has 0 aliphatic rings. The van der Waals surface area contributed by atoms with Crippen molar-refractivity contribution in [2.45, 2.75) is 6.92 Å². The lowest BCUT2D eigenvalue weighted by Crippen LogP contribution is -2.06. The standard InChI is InChI=1S/C12H12O3/c1-8(12(14)15-3)10-6-4-5-7-11(10)9(2)13/h4-7H,1H2,2-3H3. The molecular weight excluding hydrogens is 192 g/mol. The summed E-state index contributed by atoms with van der Waals surface area (Å²) >= 11 is 0. The van der Waals surface area contributed by atoms with Crippen LogP contribution < -0.4 is 0 Å². The number of hydrogen-bond donors (Lipinski definition) is 0. The van der Waals surface area contributed by atoms with Crippen LogP contribution in [0.25, 0.3) is 5.57 Å². The molecular formula is C12H12O3. The van der Waals surface area contributed by atoms with E-state index < -0.39 is 5.97 Å². The van der Waals surface area contributed by atoms with Crippen molar-refractivity contribution in [3.8, 4) is 0 Å². The highest BCUT2D eigenvalue weighted by atomic mass is 16.5. The van der Waals surface area contributed by atoms with Crippen molar-refractivity contribution in [3.63, 3.8) is 0 Å². The Morgan fingerprint density at radius 2 is 1.73 bits per heavy atom. The predicted molar refractivity (Wildman–Crippen MR) is 57.5 cm³/mol. The molecule has 0 amide bonds. The summed E-state index contributed by atoms with van der Waals surface area (Å²) in [7, 11) is 1.28. The largest absolute Gasteiger partial charge is 0.465 e. The lowest BCUT2D eigenvalue weighted by Gasteiger charge is -2.07. The van der Waals surface area contributed by atoms with E-state index in [-0.39, 0.29) is 11.4 Å². The number of carbonyl (C=O) groups excluding carboxylic acids is 2. The smallest absolute Gasteiger partial charge is 0.337 e. The van der Waals surface area contributed by atoms with Gasteiger partial charge in [0.05, 0.1) is 12.7 Å². The molecule has 3 heteroatoms. The van der Waals surface area contributed by atoms with E-state index in [0.29, 0.717) is 11.1 Å². The lowest BCUT2D eigenvalue weighted by molar-refractivity contribution is -0.133. The molecule has 0 N–H and O–H groups in total. The van der Waals surface area contributed by atoms with Crippen LogP contribution in [0.4, 0.5) is 0 Å². The maximum absolute atomic E-state index is 11.3. The van der Waals surface area contributed by atoms with Crippen molar-refractivity contribution in [1.82, 2.24) is 0 Å². The fourth-order valence-electron chi connectivity index (χ4n) is 1.29. The molecule has 0 unspecified atom stereocenters. The molecule has 0 fully saturated rings. The first-order valence-electron chi connectivity index (χ1n) is 4.45. The second-order valence-corrected chi connectivity index (χ2v) is 3.07. The van der Waals surface area contributed by atoms with Gasteiger partial charge in [-0.15, -0.1) is 0 Å². The van der Waals surface area contributed by atoms with Crippen molar-refractivity contribution in [2.75, 3.05) is 7.11 Å². The highest BCUT2D eigenvalue weighted by molar-refractivity contribution is 6.18. The number of rotatable bonds is 3. The summed E-state index contributed by atoms with van der Waals surface area (Å²) in [5.74, 6) is -0.626. The van der Waals surface area contributed by atoms with E-state index in [0.717, 1.165) is 0 Å². The summed E-state index contributed by atoms with van der Waals surface area (Å²) in [5, 5.41) is 0. The van der Waals surface area contributed by atoms with Crippen LogP contribution in [0.3, 0.4) is 0 Å². The van der Waals surface area contributed by atoms with Gasteiger partial charge in [-0.2, -0.15) is 0 Å². The average Bonchev–Trinajstić information content (AvgIpc) is 2.27. The average molecular weight is 204 g/mol. The van der Waals surface area contributed by atoms with Crippen LogP contribution in [0, 0.1) is 0 Å². The van der Waals surface area contributed by atoms with Gasteiger partial charge in [-0.3, -0.25) is 4.79 Å². The summed E-state index contributed by atoms with van der Waals surface area (Å²) < 4.78 is 4.55. The Kier molecular flexibility index (Phi) is 3.39. The van der Waals surface area contributed by atoms with Gasteiger partial charge in [0.25, 0.3) is 0 Å². The van der Waals surface area contributed by atoms with Crippen LogP contribution in [-0.2, 0) is 9.53 Å². The summed E-state index contributed by atoms with van der Waals surface area (Å²) in [6.07, 6.45) is 0.